The van der Waals surface area contributed by atoms with Crippen molar-refractivity contribution in [3.63, 3.8) is 0 Å². The number of fused-ring (bicyclic) bond motifs is 1. The first-order valence-corrected chi connectivity index (χ1v) is 9.36. The van der Waals surface area contributed by atoms with E-state index < -0.39 is 15.2 Å². The van der Waals surface area contributed by atoms with Gasteiger partial charge in [0.15, 0.2) is 14.9 Å². The molecule has 0 saturated carbocycles. The molecule has 5 nitrogen and oxygen atoms in total. The highest BCUT2D eigenvalue weighted by atomic mass is 35.5. The van der Waals surface area contributed by atoms with Crippen LogP contribution in [0.1, 0.15) is 0 Å². The normalized spacial score (nSPS) is 23.3. The second kappa shape index (κ2) is 5.98. The SMILES string of the molecule is O=S1(=O)C[C@H](NC(=S)Nc2ccc3ncccc3c2)[C@@H](Cl)C1. The molecule has 2 heterocycles. The van der Waals surface area contributed by atoms with E-state index in [9.17, 15) is 8.42 Å². The Labute approximate surface area is 139 Å². The minimum absolute atomic E-state index is 0.00459. The van der Waals surface area contributed by atoms with Crippen LogP contribution in [0.4, 0.5) is 5.69 Å². The van der Waals surface area contributed by atoms with E-state index in [2.05, 4.69) is 15.6 Å². The highest BCUT2D eigenvalue weighted by Gasteiger charge is 2.36. The lowest BCUT2D eigenvalue weighted by atomic mass is 10.2. The maximum absolute atomic E-state index is 11.5. The molecule has 2 N–H and O–H groups in total. The maximum atomic E-state index is 11.5. The summed E-state index contributed by atoms with van der Waals surface area (Å²) in [4.78, 5) is 4.25. The quantitative estimate of drug-likeness (QED) is 0.633. The molecule has 3 rings (SSSR count). The third kappa shape index (κ3) is 3.48. The van der Waals surface area contributed by atoms with Crippen molar-refractivity contribution in [3.05, 3.63) is 36.5 Å². The fourth-order valence-corrected chi connectivity index (χ4v) is 5.24. The molecule has 0 aliphatic carbocycles. The van der Waals surface area contributed by atoms with Gasteiger partial charge in [0.2, 0.25) is 0 Å². The second-order valence-electron chi connectivity index (χ2n) is 5.21. The van der Waals surface area contributed by atoms with E-state index in [4.69, 9.17) is 23.8 Å². The number of thiocarbonyl (C=S) groups is 1. The van der Waals surface area contributed by atoms with Crippen molar-refractivity contribution in [2.24, 2.45) is 0 Å². The van der Waals surface area contributed by atoms with Crippen molar-refractivity contribution < 1.29 is 8.42 Å². The Balaban J connectivity index is 1.68. The Bertz CT molecular complexity index is 826. The molecule has 2 aromatic rings. The molecular formula is C14H14ClN3O2S2. The predicted octanol–water partition coefficient (Wildman–Crippen LogP) is 1.93. The number of sulfone groups is 1. The molecule has 8 heteroatoms. The molecule has 1 aromatic heterocycles. The zero-order chi connectivity index (χ0) is 15.7. The summed E-state index contributed by atoms with van der Waals surface area (Å²) in [5.74, 6) is -0.0128. The van der Waals surface area contributed by atoms with Crippen molar-refractivity contribution in [1.82, 2.24) is 10.3 Å². The summed E-state index contributed by atoms with van der Waals surface area (Å²) in [6.07, 6.45) is 1.74. The topological polar surface area (TPSA) is 71.1 Å². The molecule has 2 atom stereocenters. The summed E-state index contributed by atoms with van der Waals surface area (Å²) >= 11 is 11.3. The summed E-state index contributed by atoms with van der Waals surface area (Å²) in [6, 6.07) is 9.15. The van der Waals surface area contributed by atoms with Gasteiger partial charge in [0, 0.05) is 17.3 Å². The van der Waals surface area contributed by atoms with Crippen molar-refractivity contribution in [1.29, 1.82) is 0 Å². The summed E-state index contributed by atoms with van der Waals surface area (Å²) in [5, 5.41) is 6.91. The molecule has 0 unspecified atom stereocenters. The molecule has 22 heavy (non-hydrogen) atoms. The van der Waals surface area contributed by atoms with Crippen LogP contribution in [0.5, 0.6) is 0 Å². The summed E-state index contributed by atoms with van der Waals surface area (Å²) < 4.78 is 23.1. The number of halogens is 1. The molecule has 0 bridgehead atoms. The summed E-state index contributed by atoms with van der Waals surface area (Å²) in [6.45, 7) is 0. The van der Waals surface area contributed by atoms with Crippen molar-refractivity contribution in [2.45, 2.75) is 11.4 Å². The average Bonchev–Trinajstić information content (AvgIpc) is 2.71. The number of rotatable bonds is 2. The highest BCUT2D eigenvalue weighted by Crippen LogP contribution is 2.19. The van der Waals surface area contributed by atoms with Crippen LogP contribution >= 0.6 is 23.8 Å². The molecule has 1 aliphatic rings. The van der Waals surface area contributed by atoms with Crippen LogP contribution in [-0.4, -0.2) is 41.4 Å². The van der Waals surface area contributed by atoms with E-state index in [0.29, 0.717) is 5.11 Å². The third-order valence-electron chi connectivity index (χ3n) is 3.46. The molecule has 116 valence electrons. The summed E-state index contributed by atoms with van der Waals surface area (Å²) in [7, 11) is -3.08. The van der Waals surface area contributed by atoms with E-state index in [0.717, 1.165) is 16.6 Å². The van der Waals surface area contributed by atoms with E-state index in [-0.39, 0.29) is 17.5 Å². The molecule has 0 spiro atoms. The van der Waals surface area contributed by atoms with Gasteiger partial charge >= 0.3 is 0 Å². The molecule has 1 aliphatic heterocycles. The predicted molar refractivity (Wildman–Crippen MR) is 93.2 cm³/mol. The lowest BCUT2D eigenvalue weighted by Gasteiger charge is -2.17. The minimum atomic E-state index is -3.08. The lowest BCUT2D eigenvalue weighted by Crippen LogP contribution is -2.42. The smallest absolute Gasteiger partial charge is 0.171 e. The monoisotopic (exact) mass is 355 g/mol. The fourth-order valence-electron chi connectivity index (χ4n) is 2.43. The van der Waals surface area contributed by atoms with Crippen LogP contribution < -0.4 is 10.6 Å². The lowest BCUT2D eigenvalue weighted by molar-refractivity contribution is 0.600. The van der Waals surface area contributed by atoms with Gasteiger partial charge in [-0.25, -0.2) is 8.42 Å². The number of pyridine rings is 1. The number of hydrogen-bond acceptors (Lipinski definition) is 4. The zero-order valence-electron chi connectivity index (χ0n) is 11.5. The van der Waals surface area contributed by atoms with Crippen molar-refractivity contribution in [3.8, 4) is 0 Å². The van der Waals surface area contributed by atoms with E-state index in [1.807, 2.05) is 30.3 Å². The first-order valence-electron chi connectivity index (χ1n) is 6.70. The Kier molecular flexibility index (Phi) is 4.20. The van der Waals surface area contributed by atoms with Crippen LogP contribution in [0, 0.1) is 0 Å². The maximum Gasteiger partial charge on any atom is 0.171 e. The van der Waals surface area contributed by atoms with Gasteiger partial charge in [0.25, 0.3) is 0 Å². The summed E-state index contributed by atoms with van der Waals surface area (Å²) in [5.41, 5.74) is 1.71. The van der Waals surface area contributed by atoms with Crippen LogP contribution in [-0.2, 0) is 9.84 Å². The number of hydrogen-bond donors (Lipinski definition) is 2. The Morgan fingerprint density at radius 3 is 2.86 bits per heavy atom. The largest absolute Gasteiger partial charge is 0.357 e. The molecule has 1 aromatic carbocycles. The number of alkyl halides is 1. The Morgan fingerprint density at radius 2 is 2.14 bits per heavy atom. The first-order chi connectivity index (χ1) is 10.4. The molecular weight excluding hydrogens is 342 g/mol. The Hall–Kier alpha value is -1.44. The number of nitrogens with one attached hydrogen (secondary N) is 2. The number of anilines is 1. The zero-order valence-corrected chi connectivity index (χ0v) is 13.9. The molecule has 0 amide bonds. The highest BCUT2D eigenvalue weighted by molar-refractivity contribution is 7.91. The molecule has 1 saturated heterocycles. The third-order valence-corrected chi connectivity index (χ3v) is 6.06. The van der Waals surface area contributed by atoms with Crippen LogP contribution in [0.25, 0.3) is 10.9 Å². The van der Waals surface area contributed by atoms with Gasteiger partial charge in [-0.3, -0.25) is 4.98 Å². The van der Waals surface area contributed by atoms with Gasteiger partial charge in [-0.2, -0.15) is 0 Å². The van der Waals surface area contributed by atoms with E-state index >= 15 is 0 Å². The van der Waals surface area contributed by atoms with Crippen molar-refractivity contribution >= 4 is 55.4 Å². The minimum Gasteiger partial charge on any atom is -0.357 e. The Morgan fingerprint density at radius 1 is 1.32 bits per heavy atom. The fraction of sp³-hybridized carbons (Fsp3) is 0.286. The average molecular weight is 356 g/mol. The van der Waals surface area contributed by atoms with Crippen LogP contribution in [0.2, 0.25) is 0 Å². The standard InChI is InChI=1S/C14H14ClN3O2S2/c15-11-7-22(19,20)8-13(11)18-14(21)17-10-3-4-12-9(6-10)2-1-5-16-12/h1-6,11,13H,7-8H2,(H2,17,18,21)/t11-,13-/m0/s1. The van der Waals surface area contributed by atoms with Gasteiger partial charge in [-0.05, 0) is 36.5 Å². The number of aromatic nitrogens is 1. The van der Waals surface area contributed by atoms with Crippen LogP contribution in [0.15, 0.2) is 36.5 Å². The first kappa shape index (κ1) is 15.5. The number of benzene rings is 1. The number of nitrogens with zero attached hydrogens (tertiary/aromatic N) is 1. The molecule has 0 radical (unpaired) electrons. The molecule has 1 fully saturated rings. The van der Waals surface area contributed by atoms with Gasteiger partial charge < -0.3 is 10.6 Å². The van der Waals surface area contributed by atoms with Gasteiger partial charge in [-0.1, -0.05) is 6.07 Å². The van der Waals surface area contributed by atoms with Gasteiger partial charge in [-0.15, -0.1) is 11.6 Å². The van der Waals surface area contributed by atoms with E-state index in [1.54, 1.807) is 6.20 Å². The van der Waals surface area contributed by atoms with Crippen LogP contribution in [0.3, 0.4) is 0 Å². The van der Waals surface area contributed by atoms with E-state index in [1.165, 1.54) is 0 Å². The second-order valence-corrected chi connectivity index (χ2v) is 8.33. The van der Waals surface area contributed by atoms with Crippen molar-refractivity contribution in [2.75, 3.05) is 16.8 Å². The van der Waals surface area contributed by atoms with Gasteiger partial charge in [0.05, 0.1) is 28.4 Å². The van der Waals surface area contributed by atoms with Gasteiger partial charge in [0.1, 0.15) is 0 Å².